The Morgan fingerprint density at radius 3 is 2.73 bits per heavy atom. The Hall–Kier alpha value is -1.70. The molecule has 0 aromatic carbocycles. The van der Waals surface area contributed by atoms with Crippen molar-refractivity contribution in [3.05, 3.63) is 18.5 Å². The van der Waals surface area contributed by atoms with Crippen molar-refractivity contribution in [2.24, 2.45) is 5.92 Å². The molecule has 22 heavy (non-hydrogen) atoms. The van der Waals surface area contributed by atoms with Crippen LogP contribution in [-0.4, -0.2) is 54.9 Å². The van der Waals surface area contributed by atoms with Crippen LogP contribution in [-0.2, 0) is 14.6 Å². The minimum absolute atomic E-state index is 0.0168. The average molecular weight is 324 g/mol. The summed E-state index contributed by atoms with van der Waals surface area (Å²) in [6, 6.07) is 1.79. The first-order chi connectivity index (χ1) is 10.5. The van der Waals surface area contributed by atoms with Gasteiger partial charge < -0.3 is 10.2 Å². The smallest absolute Gasteiger partial charge is 0.225 e. The van der Waals surface area contributed by atoms with E-state index in [4.69, 9.17) is 0 Å². The van der Waals surface area contributed by atoms with Crippen LogP contribution >= 0.6 is 0 Å². The maximum atomic E-state index is 12.2. The molecular formula is C14H20N4O3S. The molecule has 3 heterocycles. The van der Waals surface area contributed by atoms with Crippen molar-refractivity contribution >= 4 is 21.7 Å². The molecule has 120 valence electrons. The van der Waals surface area contributed by atoms with E-state index in [0.717, 1.165) is 19.4 Å². The third kappa shape index (κ3) is 3.55. The van der Waals surface area contributed by atoms with Crippen molar-refractivity contribution < 1.29 is 13.2 Å². The number of carbonyl (C=O) groups is 1. The number of rotatable bonds is 3. The number of piperidine rings is 1. The van der Waals surface area contributed by atoms with E-state index in [9.17, 15) is 13.2 Å². The molecule has 0 bridgehead atoms. The van der Waals surface area contributed by atoms with Gasteiger partial charge in [0.1, 0.15) is 0 Å². The van der Waals surface area contributed by atoms with Gasteiger partial charge in [0.05, 0.1) is 17.4 Å². The Morgan fingerprint density at radius 2 is 2.05 bits per heavy atom. The van der Waals surface area contributed by atoms with Crippen molar-refractivity contribution in [1.29, 1.82) is 0 Å². The average Bonchev–Trinajstić information content (AvgIpc) is 2.89. The molecule has 1 amide bonds. The minimum Gasteiger partial charge on any atom is -0.351 e. The summed E-state index contributed by atoms with van der Waals surface area (Å²) in [4.78, 5) is 22.7. The molecule has 1 aromatic heterocycles. The predicted molar refractivity (Wildman–Crippen MR) is 82.2 cm³/mol. The van der Waals surface area contributed by atoms with Crippen molar-refractivity contribution in [3.8, 4) is 0 Å². The van der Waals surface area contributed by atoms with Crippen molar-refractivity contribution in [3.63, 3.8) is 0 Å². The van der Waals surface area contributed by atoms with Gasteiger partial charge in [0.25, 0.3) is 0 Å². The maximum Gasteiger partial charge on any atom is 0.225 e. The molecule has 0 radical (unpaired) electrons. The Bertz CT molecular complexity index is 635. The summed E-state index contributed by atoms with van der Waals surface area (Å²) >= 11 is 0. The molecule has 2 atom stereocenters. The van der Waals surface area contributed by atoms with Crippen molar-refractivity contribution in [1.82, 2.24) is 15.3 Å². The second-order valence-electron chi connectivity index (χ2n) is 5.94. The highest BCUT2D eigenvalue weighted by molar-refractivity contribution is 7.91. The molecule has 8 heteroatoms. The van der Waals surface area contributed by atoms with Crippen LogP contribution in [0.25, 0.3) is 0 Å². The summed E-state index contributed by atoms with van der Waals surface area (Å²) in [6.45, 7) is 1.53. The molecule has 2 fully saturated rings. The number of amides is 1. The highest BCUT2D eigenvalue weighted by Crippen LogP contribution is 2.20. The first-order valence-electron chi connectivity index (χ1n) is 7.56. The van der Waals surface area contributed by atoms with Crippen LogP contribution in [0.15, 0.2) is 18.5 Å². The van der Waals surface area contributed by atoms with Crippen LogP contribution in [0.2, 0.25) is 0 Å². The summed E-state index contributed by atoms with van der Waals surface area (Å²) in [7, 11) is -3.03. The third-order valence-corrected chi connectivity index (χ3v) is 5.97. The Labute approximate surface area is 130 Å². The molecule has 2 aliphatic rings. The molecule has 2 saturated heterocycles. The lowest BCUT2D eigenvalue weighted by molar-refractivity contribution is -0.125. The molecule has 7 nitrogen and oxygen atoms in total. The SMILES string of the molecule is O=C(N[C@@H]1CCCN(c2ncccn2)C1)[C@@H]1CCS(=O)(=O)C1. The number of anilines is 1. The summed E-state index contributed by atoms with van der Waals surface area (Å²) in [5, 5.41) is 3.00. The van der Waals surface area contributed by atoms with E-state index in [0.29, 0.717) is 18.9 Å². The molecule has 3 rings (SSSR count). The van der Waals surface area contributed by atoms with Gasteiger partial charge in [-0.25, -0.2) is 18.4 Å². The highest BCUT2D eigenvalue weighted by Gasteiger charge is 2.34. The van der Waals surface area contributed by atoms with Gasteiger partial charge in [0.2, 0.25) is 11.9 Å². The Balaban J connectivity index is 1.58. The van der Waals surface area contributed by atoms with E-state index in [1.54, 1.807) is 18.5 Å². The maximum absolute atomic E-state index is 12.2. The lowest BCUT2D eigenvalue weighted by Gasteiger charge is -2.33. The van der Waals surface area contributed by atoms with Crippen LogP contribution in [0, 0.1) is 5.92 Å². The number of sulfone groups is 1. The van der Waals surface area contributed by atoms with Gasteiger partial charge in [-0.1, -0.05) is 0 Å². The molecule has 2 aliphatic heterocycles. The standard InChI is InChI=1S/C14H20N4O3S/c19-13(11-4-8-22(20,21)10-11)17-12-3-1-7-18(9-12)14-15-5-2-6-16-14/h2,5-6,11-12H,1,3-4,7-10H2,(H,17,19)/t11-,12-/m1/s1. The number of nitrogens with zero attached hydrogens (tertiary/aromatic N) is 3. The van der Waals surface area contributed by atoms with Crippen LogP contribution in [0.3, 0.4) is 0 Å². The molecule has 1 N–H and O–H groups in total. The van der Waals surface area contributed by atoms with E-state index in [2.05, 4.69) is 20.2 Å². The number of hydrogen-bond donors (Lipinski definition) is 1. The Morgan fingerprint density at radius 1 is 1.27 bits per heavy atom. The van der Waals surface area contributed by atoms with Gasteiger partial charge in [0.15, 0.2) is 9.84 Å². The van der Waals surface area contributed by atoms with Crippen LogP contribution in [0.5, 0.6) is 0 Å². The molecule has 0 unspecified atom stereocenters. The van der Waals surface area contributed by atoms with Gasteiger partial charge >= 0.3 is 0 Å². The predicted octanol–water partition coefficient (Wildman–Crippen LogP) is -0.00370. The second-order valence-corrected chi connectivity index (χ2v) is 8.17. The zero-order chi connectivity index (χ0) is 15.6. The third-order valence-electron chi connectivity index (χ3n) is 4.21. The summed E-state index contributed by atoms with van der Waals surface area (Å²) in [6.07, 6.45) is 5.69. The van der Waals surface area contributed by atoms with Gasteiger partial charge in [0, 0.05) is 31.5 Å². The van der Waals surface area contributed by atoms with Crippen LogP contribution in [0.4, 0.5) is 5.95 Å². The van der Waals surface area contributed by atoms with E-state index in [-0.39, 0.29) is 23.5 Å². The monoisotopic (exact) mass is 324 g/mol. The van der Waals surface area contributed by atoms with Crippen LogP contribution < -0.4 is 10.2 Å². The lowest BCUT2D eigenvalue weighted by atomic mass is 10.0. The fourth-order valence-electron chi connectivity index (χ4n) is 3.05. The molecule has 0 saturated carbocycles. The first kappa shape index (κ1) is 15.2. The fourth-order valence-corrected chi connectivity index (χ4v) is 4.79. The minimum atomic E-state index is -3.03. The normalized spacial score (nSPS) is 27.5. The Kier molecular flexibility index (Phi) is 4.28. The second kappa shape index (κ2) is 6.20. The quantitative estimate of drug-likeness (QED) is 0.841. The lowest BCUT2D eigenvalue weighted by Crippen LogP contribution is -2.49. The summed E-state index contributed by atoms with van der Waals surface area (Å²) in [5.41, 5.74) is 0. The summed E-state index contributed by atoms with van der Waals surface area (Å²) < 4.78 is 22.9. The van der Waals surface area contributed by atoms with E-state index >= 15 is 0 Å². The van der Waals surface area contributed by atoms with E-state index < -0.39 is 15.8 Å². The van der Waals surface area contributed by atoms with E-state index in [1.807, 2.05) is 0 Å². The van der Waals surface area contributed by atoms with Gasteiger partial charge in [-0.3, -0.25) is 4.79 Å². The van der Waals surface area contributed by atoms with Gasteiger partial charge in [-0.05, 0) is 25.3 Å². The zero-order valence-electron chi connectivity index (χ0n) is 12.3. The number of nitrogens with one attached hydrogen (secondary N) is 1. The summed E-state index contributed by atoms with van der Waals surface area (Å²) in [5.74, 6) is 0.247. The largest absolute Gasteiger partial charge is 0.351 e. The topological polar surface area (TPSA) is 92.3 Å². The van der Waals surface area contributed by atoms with Crippen molar-refractivity contribution in [2.45, 2.75) is 25.3 Å². The first-order valence-corrected chi connectivity index (χ1v) is 9.38. The molecule has 0 spiro atoms. The van der Waals surface area contributed by atoms with Gasteiger partial charge in [-0.15, -0.1) is 0 Å². The number of aromatic nitrogens is 2. The number of carbonyl (C=O) groups excluding carboxylic acids is 1. The fraction of sp³-hybridized carbons (Fsp3) is 0.643. The van der Waals surface area contributed by atoms with Crippen LogP contribution in [0.1, 0.15) is 19.3 Å². The highest BCUT2D eigenvalue weighted by atomic mass is 32.2. The number of hydrogen-bond acceptors (Lipinski definition) is 6. The van der Waals surface area contributed by atoms with Gasteiger partial charge in [-0.2, -0.15) is 0 Å². The molecule has 0 aliphatic carbocycles. The van der Waals surface area contributed by atoms with Crippen molar-refractivity contribution in [2.75, 3.05) is 29.5 Å². The zero-order valence-corrected chi connectivity index (χ0v) is 13.1. The van der Waals surface area contributed by atoms with E-state index in [1.165, 1.54) is 0 Å². The molecular weight excluding hydrogens is 304 g/mol. The molecule has 1 aromatic rings.